The van der Waals surface area contributed by atoms with Crippen molar-refractivity contribution in [1.29, 1.82) is 0 Å². The van der Waals surface area contributed by atoms with Crippen LogP contribution < -0.4 is 5.32 Å². The van der Waals surface area contributed by atoms with E-state index >= 15 is 0 Å². The molecule has 19 heavy (non-hydrogen) atoms. The van der Waals surface area contributed by atoms with E-state index in [9.17, 15) is 9.59 Å². The highest BCUT2D eigenvalue weighted by Crippen LogP contribution is 2.19. The first-order valence-corrected chi connectivity index (χ1v) is 6.93. The highest BCUT2D eigenvalue weighted by Gasteiger charge is 2.35. The number of carbonyl (C=O) groups is 2. The number of rotatable bonds is 4. The second kappa shape index (κ2) is 5.97. The van der Waals surface area contributed by atoms with Gasteiger partial charge < -0.3 is 15.3 Å². The van der Waals surface area contributed by atoms with Gasteiger partial charge in [-0.05, 0) is 44.4 Å². The Morgan fingerprint density at radius 1 is 1.26 bits per heavy atom. The largest absolute Gasteiger partial charge is 0.480 e. The molecule has 0 aliphatic heterocycles. The molecule has 0 heterocycles. The van der Waals surface area contributed by atoms with Crippen LogP contribution in [0, 0.1) is 0 Å². The van der Waals surface area contributed by atoms with Crippen LogP contribution in [0.3, 0.4) is 0 Å². The maximum Gasteiger partial charge on any atom is 0.329 e. The molecule has 2 N–H and O–H groups in total. The third-order valence-corrected chi connectivity index (χ3v) is 3.75. The quantitative estimate of drug-likeness (QED) is 0.833. The van der Waals surface area contributed by atoms with E-state index in [4.69, 9.17) is 5.11 Å². The second-order valence-electron chi connectivity index (χ2n) is 4.58. The molecular weight excluding hydrogens is 264 g/mol. The molecule has 5 nitrogen and oxygen atoms in total. The Morgan fingerprint density at radius 3 is 2.21 bits per heavy atom. The van der Waals surface area contributed by atoms with Gasteiger partial charge >= 0.3 is 12.0 Å². The summed E-state index contributed by atoms with van der Waals surface area (Å²) in [5.41, 5.74) is -0.626. The van der Waals surface area contributed by atoms with Gasteiger partial charge in [-0.15, -0.1) is 11.8 Å². The van der Waals surface area contributed by atoms with Crippen molar-refractivity contribution in [2.24, 2.45) is 0 Å². The van der Waals surface area contributed by atoms with Gasteiger partial charge in [-0.3, -0.25) is 0 Å². The molecule has 1 aromatic rings. The number of carboxylic acid groups (broad SMARTS) is 1. The third-order valence-electron chi connectivity index (χ3n) is 3.01. The molecule has 0 aliphatic carbocycles. The van der Waals surface area contributed by atoms with E-state index in [1.807, 2.05) is 18.4 Å². The summed E-state index contributed by atoms with van der Waals surface area (Å²) >= 11 is 1.61. The van der Waals surface area contributed by atoms with E-state index in [-0.39, 0.29) is 0 Å². The summed E-state index contributed by atoms with van der Waals surface area (Å²) in [6.07, 6.45) is 1.97. The first-order chi connectivity index (χ1) is 8.78. The van der Waals surface area contributed by atoms with E-state index < -0.39 is 17.5 Å². The number of carbonyl (C=O) groups excluding carboxylic acids is 1. The number of amides is 2. The van der Waals surface area contributed by atoms with E-state index in [0.29, 0.717) is 5.69 Å². The Kier molecular flexibility index (Phi) is 4.83. The van der Waals surface area contributed by atoms with Gasteiger partial charge in [0.1, 0.15) is 5.54 Å². The fourth-order valence-corrected chi connectivity index (χ4v) is 1.69. The molecule has 0 atom stereocenters. The minimum atomic E-state index is -1.26. The summed E-state index contributed by atoms with van der Waals surface area (Å²) in [6, 6.07) is 6.89. The Balaban J connectivity index is 2.76. The summed E-state index contributed by atoms with van der Waals surface area (Å²) in [7, 11) is 1.46. The van der Waals surface area contributed by atoms with Crippen LogP contribution in [0.25, 0.3) is 0 Å². The molecule has 0 spiro atoms. The SMILES string of the molecule is CSc1ccc(NC(=O)N(C)C(C)(C)C(=O)O)cc1. The number of nitrogens with zero attached hydrogens (tertiary/aromatic N) is 1. The lowest BCUT2D eigenvalue weighted by atomic mass is 10.1. The maximum atomic E-state index is 12.0. The third kappa shape index (κ3) is 3.64. The summed E-state index contributed by atoms with van der Waals surface area (Å²) in [4.78, 5) is 25.3. The summed E-state index contributed by atoms with van der Waals surface area (Å²) in [5, 5.41) is 11.7. The predicted octanol–water partition coefficient (Wildman–Crippen LogP) is 2.74. The molecular formula is C13H18N2O3S. The minimum Gasteiger partial charge on any atom is -0.480 e. The van der Waals surface area contributed by atoms with Crippen molar-refractivity contribution in [3.05, 3.63) is 24.3 Å². The Hall–Kier alpha value is -1.69. The molecule has 0 unspecified atom stereocenters. The highest BCUT2D eigenvalue weighted by atomic mass is 32.2. The monoisotopic (exact) mass is 282 g/mol. The van der Waals surface area contributed by atoms with Crippen LogP contribution in [0.5, 0.6) is 0 Å². The van der Waals surface area contributed by atoms with Crippen LogP contribution in [-0.4, -0.2) is 40.8 Å². The first kappa shape index (κ1) is 15.4. The minimum absolute atomic E-state index is 0.454. The zero-order chi connectivity index (χ0) is 14.6. The van der Waals surface area contributed by atoms with Crippen molar-refractivity contribution in [2.75, 3.05) is 18.6 Å². The second-order valence-corrected chi connectivity index (χ2v) is 5.46. The van der Waals surface area contributed by atoms with Gasteiger partial charge in [0.15, 0.2) is 0 Å². The maximum absolute atomic E-state index is 12.0. The molecule has 1 aromatic carbocycles. The van der Waals surface area contributed by atoms with E-state index in [1.165, 1.54) is 20.9 Å². The van der Waals surface area contributed by atoms with Crippen molar-refractivity contribution < 1.29 is 14.7 Å². The van der Waals surface area contributed by atoms with Crippen LogP contribution in [-0.2, 0) is 4.79 Å². The standard InChI is InChI=1S/C13H18N2O3S/c1-13(2,11(16)17)15(3)12(18)14-9-5-7-10(19-4)8-6-9/h5-8H,1-4H3,(H,14,18)(H,16,17). The lowest BCUT2D eigenvalue weighted by Crippen LogP contribution is -2.52. The number of aliphatic carboxylic acids is 1. The number of nitrogens with one attached hydrogen (secondary N) is 1. The van der Waals surface area contributed by atoms with Crippen molar-refractivity contribution >= 4 is 29.4 Å². The van der Waals surface area contributed by atoms with Crippen LogP contribution in [0.2, 0.25) is 0 Å². The smallest absolute Gasteiger partial charge is 0.329 e. The lowest BCUT2D eigenvalue weighted by molar-refractivity contribution is -0.146. The fraction of sp³-hybridized carbons (Fsp3) is 0.385. The molecule has 2 amide bonds. The van der Waals surface area contributed by atoms with Gasteiger partial charge in [-0.25, -0.2) is 9.59 Å². The Bertz CT molecular complexity index is 471. The Morgan fingerprint density at radius 2 is 1.79 bits per heavy atom. The number of anilines is 1. The predicted molar refractivity (Wildman–Crippen MR) is 76.7 cm³/mol. The van der Waals surface area contributed by atoms with Crippen molar-refractivity contribution in [1.82, 2.24) is 4.90 Å². The molecule has 0 saturated heterocycles. The summed E-state index contributed by atoms with van der Waals surface area (Å²) in [6.45, 7) is 2.96. The average molecular weight is 282 g/mol. The fourth-order valence-electron chi connectivity index (χ4n) is 1.28. The van der Waals surface area contributed by atoms with Crippen LogP contribution >= 0.6 is 11.8 Å². The van der Waals surface area contributed by atoms with Crippen molar-refractivity contribution in [2.45, 2.75) is 24.3 Å². The number of hydrogen-bond acceptors (Lipinski definition) is 3. The van der Waals surface area contributed by atoms with Gasteiger partial charge in [0, 0.05) is 17.6 Å². The summed E-state index contributed by atoms with van der Waals surface area (Å²) < 4.78 is 0. The molecule has 0 aromatic heterocycles. The number of urea groups is 1. The molecule has 0 fully saturated rings. The number of hydrogen-bond donors (Lipinski definition) is 2. The number of likely N-dealkylation sites (N-methyl/N-ethyl adjacent to an activating group) is 1. The first-order valence-electron chi connectivity index (χ1n) is 5.71. The molecule has 0 radical (unpaired) electrons. The zero-order valence-corrected chi connectivity index (χ0v) is 12.2. The molecule has 0 aliphatic rings. The molecule has 104 valence electrons. The zero-order valence-electron chi connectivity index (χ0n) is 11.4. The van der Waals surface area contributed by atoms with Crippen LogP contribution in [0.4, 0.5) is 10.5 Å². The van der Waals surface area contributed by atoms with Crippen molar-refractivity contribution in [3.63, 3.8) is 0 Å². The lowest BCUT2D eigenvalue weighted by Gasteiger charge is -2.31. The highest BCUT2D eigenvalue weighted by molar-refractivity contribution is 7.98. The van der Waals surface area contributed by atoms with Gasteiger partial charge in [0.05, 0.1) is 0 Å². The molecule has 1 rings (SSSR count). The average Bonchev–Trinajstić information content (AvgIpc) is 2.38. The van der Waals surface area contributed by atoms with Gasteiger partial charge in [0.25, 0.3) is 0 Å². The Labute approximate surface area is 117 Å². The normalized spacial score (nSPS) is 10.9. The van der Waals surface area contributed by atoms with Crippen molar-refractivity contribution in [3.8, 4) is 0 Å². The molecule has 0 saturated carbocycles. The van der Waals surface area contributed by atoms with E-state index in [2.05, 4.69) is 5.32 Å². The van der Waals surface area contributed by atoms with Gasteiger partial charge in [-0.1, -0.05) is 0 Å². The van der Waals surface area contributed by atoms with E-state index in [1.54, 1.807) is 23.9 Å². The van der Waals surface area contributed by atoms with Crippen LogP contribution in [0.1, 0.15) is 13.8 Å². The summed E-state index contributed by atoms with van der Waals surface area (Å²) in [5.74, 6) is -1.05. The van der Waals surface area contributed by atoms with Crippen LogP contribution in [0.15, 0.2) is 29.2 Å². The number of carboxylic acids is 1. The number of thioether (sulfide) groups is 1. The van der Waals surface area contributed by atoms with Gasteiger partial charge in [0.2, 0.25) is 0 Å². The van der Waals surface area contributed by atoms with Gasteiger partial charge in [-0.2, -0.15) is 0 Å². The van der Waals surface area contributed by atoms with E-state index in [0.717, 1.165) is 9.80 Å². The molecule has 0 bridgehead atoms. The molecule has 6 heteroatoms. The topological polar surface area (TPSA) is 69.6 Å². The number of benzene rings is 1.